The molecule has 0 radical (unpaired) electrons. The normalized spacial score (nSPS) is 10.8. The van der Waals surface area contributed by atoms with Crippen LogP contribution < -0.4 is 9.64 Å². The molecule has 0 spiro atoms. The molecule has 1 aromatic carbocycles. The molecular formula is C21H20N6O4S. The molecule has 4 aromatic rings. The van der Waals surface area contributed by atoms with Crippen LogP contribution in [0.5, 0.6) is 5.75 Å². The third-order valence-corrected chi connectivity index (χ3v) is 5.56. The molecule has 0 bridgehead atoms. The molecule has 0 aliphatic rings. The number of methoxy groups -OCH3 is 1. The van der Waals surface area contributed by atoms with Crippen LogP contribution in [0.25, 0.3) is 5.78 Å². The highest BCUT2D eigenvalue weighted by Gasteiger charge is 2.22. The van der Waals surface area contributed by atoms with E-state index < -0.39 is 5.97 Å². The molecular weight excluding hydrogens is 432 g/mol. The minimum atomic E-state index is -0.533. The Morgan fingerprint density at radius 3 is 2.78 bits per heavy atom. The molecule has 164 valence electrons. The fraction of sp³-hybridized carbons (Fsp3) is 0.238. The number of rotatable bonds is 7. The number of anilines is 2. The number of esters is 1. The van der Waals surface area contributed by atoms with Gasteiger partial charge in [0.1, 0.15) is 18.7 Å². The average molecular weight is 452 g/mol. The molecule has 0 aliphatic carbocycles. The summed E-state index contributed by atoms with van der Waals surface area (Å²) in [4.78, 5) is 39.2. The SMILES string of the molecule is CCc1c(C(=O)OCc2csc(N(C(C)=O)c3ccccc3OC)n2)cnc2ncnn12. The summed E-state index contributed by atoms with van der Waals surface area (Å²) in [5.41, 5.74) is 2.09. The number of hydrogen-bond donors (Lipinski definition) is 0. The van der Waals surface area contributed by atoms with E-state index in [0.717, 1.165) is 0 Å². The maximum atomic E-state index is 12.7. The van der Waals surface area contributed by atoms with Gasteiger partial charge in [0.05, 0.1) is 29.7 Å². The summed E-state index contributed by atoms with van der Waals surface area (Å²) < 4.78 is 12.4. The zero-order chi connectivity index (χ0) is 22.7. The summed E-state index contributed by atoms with van der Waals surface area (Å²) in [5.74, 6) is 0.221. The lowest BCUT2D eigenvalue weighted by Crippen LogP contribution is -2.23. The van der Waals surface area contributed by atoms with Crippen molar-refractivity contribution in [3.05, 3.63) is 59.1 Å². The first kappa shape index (κ1) is 21.4. The van der Waals surface area contributed by atoms with Crippen molar-refractivity contribution < 1.29 is 19.1 Å². The molecule has 3 aromatic heterocycles. The second kappa shape index (κ2) is 9.10. The summed E-state index contributed by atoms with van der Waals surface area (Å²) in [7, 11) is 1.54. The molecule has 11 heteroatoms. The maximum Gasteiger partial charge on any atom is 0.341 e. The number of aromatic nitrogens is 5. The first-order valence-electron chi connectivity index (χ1n) is 9.76. The van der Waals surface area contributed by atoms with Crippen LogP contribution in [-0.4, -0.2) is 43.6 Å². The average Bonchev–Trinajstić information content (AvgIpc) is 3.46. The molecule has 0 saturated carbocycles. The van der Waals surface area contributed by atoms with Crippen molar-refractivity contribution in [1.29, 1.82) is 0 Å². The van der Waals surface area contributed by atoms with Gasteiger partial charge >= 0.3 is 5.97 Å². The van der Waals surface area contributed by atoms with Crippen molar-refractivity contribution in [3.8, 4) is 5.75 Å². The Hall–Kier alpha value is -3.86. The molecule has 32 heavy (non-hydrogen) atoms. The summed E-state index contributed by atoms with van der Waals surface area (Å²) in [6.07, 6.45) is 3.38. The van der Waals surface area contributed by atoms with Gasteiger partial charge in [0, 0.05) is 18.5 Å². The van der Waals surface area contributed by atoms with Crippen molar-refractivity contribution in [2.24, 2.45) is 0 Å². The van der Waals surface area contributed by atoms with Crippen molar-refractivity contribution in [3.63, 3.8) is 0 Å². The van der Waals surface area contributed by atoms with Crippen LogP contribution in [0.3, 0.4) is 0 Å². The Labute approximate surface area is 187 Å². The molecule has 0 atom stereocenters. The van der Waals surface area contributed by atoms with Gasteiger partial charge in [-0.25, -0.2) is 19.3 Å². The molecule has 4 rings (SSSR count). The van der Waals surface area contributed by atoms with E-state index in [9.17, 15) is 9.59 Å². The van der Waals surface area contributed by atoms with Crippen molar-refractivity contribution in [1.82, 2.24) is 24.6 Å². The van der Waals surface area contributed by atoms with E-state index in [4.69, 9.17) is 9.47 Å². The largest absolute Gasteiger partial charge is 0.495 e. The first-order chi connectivity index (χ1) is 15.5. The second-order valence-electron chi connectivity index (χ2n) is 6.67. The number of benzene rings is 1. The third kappa shape index (κ3) is 4.02. The number of nitrogens with zero attached hydrogens (tertiary/aromatic N) is 6. The predicted octanol–water partition coefficient (Wildman–Crippen LogP) is 3.19. The molecule has 3 heterocycles. The number of hydrogen-bond acceptors (Lipinski definition) is 9. The standard InChI is InChI=1S/C21H20N6O4S/c1-4-16-15(9-22-20-23-12-24-27(16)20)19(29)31-10-14-11-32-21(25-14)26(13(2)28)17-7-5-6-8-18(17)30-3/h5-9,11-12H,4,10H2,1-3H3. The Bertz CT molecular complexity index is 1280. The predicted molar refractivity (Wildman–Crippen MR) is 117 cm³/mol. The zero-order valence-electron chi connectivity index (χ0n) is 17.7. The number of thiazole rings is 1. The summed E-state index contributed by atoms with van der Waals surface area (Å²) >= 11 is 1.27. The topological polar surface area (TPSA) is 112 Å². The third-order valence-electron chi connectivity index (χ3n) is 4.68. The van der Waals surface area contributed by atoms with Gasteiger partial charge in [-0.15, -0.1) is 11.3 Å². The maximum absolute atomic E-state index is 12.7. The molecule has 0 unspecified atom stereocenters. The van der Waals surface area contributed by atoms with E-state index in [1.807, 2.05) is 19.1 Å². The fourth-order valence-corrected chi connectivity index (χ4v) is 4.10. The number of carbonyl (C=O) groups is 2. The van der Waals surface area contributed by atoms with Gasteiger partial charge in [0.15, 0.2) is 5.13 Å². The summed E-state index contributed by atoms with van der Waals surface area (Å²) in [5, 5.41) is 6.31. The van der Waals surface area contributed by atoms with Crippen molar-refractivity contribution >= 4 is 39.8 Å². The second-order valence-corrected chi connectivity index (χ2v) is 7.50. The smallest absolute Gasteiger partial charge is 0.341 e. The number of para-hydroxylation sites is 2. The lowest BCUT2D eigenvalue weighted by molar-refractivity contribution is -0.115. The van der Waals surface area contributed by atoms with E-state index >= 15 is 0 Å². The lowest BCUT2D eigenvalue weighted by Gasteiger charge is -2.20. The zero-order valence-corrected chi connectivity index (χ0v) is 18.5. The highest BCUT2D eigenvalue weighted by molar-refractivity contribution is 7.14. The molecule has 10 nitrogen and oxygen atoms in total. The monoisotopic (exact) mass is 452 g/mol. The number of amides is 1. The number of carbonyl (C=O) groups excluding carboxylic acids is 2. The minimum Gasteiger partial charge on any atom is -0.495 e. The number of aryl methyl sites for hydroxylation is 1. The van der Waals surface area contributed by atoms with Crippen molar-refractivity contribution in [2.45, 2.75) is 26.9 Å². The quantitative estimate of drug-likeness (QED) is 0.393. The fourth-order valence-electron chi connectivity index (χ4n) is 3.24. The highest BCUT2D eigenvalue weighted by atomic mass is 32.1. The molecule has 0 N–H and O–H groups in total. The van der Waals surface area contributed by atoms with E-state index in [2.05, 4.69) is 20.1 Å². The Morgan fingerprint density at radius 1 is 1.22 bits per heavy atom. The van der Waals surface area contributed by atoms with Crippen LogP contribution in [0.4, 0.5) is 10.8 Å². The molecule has 0 saturated heterocycles. The van der Waals surface area contributed by atoms with Gasteiger partial charge in [-0.05, 0) is 18.6 Å². The van der Waals surface area contributed by atoms with Crippen LogP contribution >= 0.6 is 11.3 Å². The van der Waals surface area contributed by atoms with Crippen LogP contribution in [-0.2, 0) is 22.6 Å². The van der Waals surface area contributed by atoms with Crippen molar-refractivity contribution in [2.75, 3.05) is 12.0 Å². The Balaban J connectivity index is 1.53. The van der Waals surface area contributed by atoms with Crippen LogP contribution in [0.1, 0.15) is 35.6 Å². The van der Waals surface area contributed by atoms with E-state index in [1.54, 1.807) is 24.6 Å². The molecule has 0 aliphatic heterocycles. The van der Waals surface area contributed by atoms with Gasteiger partial charge in [-0.2, -0.15) is 10.1 Å². The van der Waals surface area contributed by atoms with Gasteiger partial charge in [0.2, 0.25) is 5.91 Å². The Kier molecular flexibility index (Phi) is 6.08. The van der Waals surface area contributed by atoms with Crippen LogP contribution in [0.15, 0.2) is 42.2 Å². The van der Waals surface area contributed by atoms with Crippen LogP contribution in [0, 0.1) is 0 Å². The number of fused-ring (bicyclic) bond motifs is 1. The van der Waals surface area contributed by atoms with Gasteiger partial charge < -0.3 is 9.47 Å². The van der Waals surface area contributed by atoms with Gasteiger partial charge in [0.25, 0.3) is 5.78 Å². The van der Waals surface area contributed by atoms with Crippen LogP contribution in [0.2, 0.25) is 0 Å². The molecule has 0 fully saturated rings. The molecule has 1 amide bonds. The van der Waals surface area contributed by atoms with E-state index in [-0.39, 0.29) is 12.5 Å². The Morgan fingerprint density at radius 2 is 2.03 bits per heavy atom. The van der Waals surface area contributed by atoms with E-state index in [0.29, 0.717) is 45.7 Å². The first-order valence-corrected chi connectivity index (χ1v) is 10.6. The van der Waals surface area contributed by atoms with E-state index in [1.165, 1.54) is 40.2 Å². The lowest BCUT2D eigenvalue weighted by atomic mass is 10.2. The highest BCUT2D eigenvalue weighted by Crippen LogP contribution is 2.35. The van der Waals surface area contributed by atoms with Gasteiger partial charge in [-0.3, -0.25) is 9.69 Å². The minimum absolute atomic E-state index is 0.0500. The summed E-state index contributed by atoms with van der Waals surface area (Å²) in [6, 6.07) is 7.19. The number of ether oxygens (including phenoxy) is 2. The summed E-state index contributed by atoms with van der Waals surface area (Å²) in [6.45, 7) is 3.31. The van der Waals surface area contributed by atoms with Gasteiger partial charge in [-0.1, -0.05) is 19.1 Å².